The number of para-hydroxylation sites is 1. The van der Waals surface area contributed by atoms with Crippen LogP contribution >= 0.6 is 11.3 Å². The van der Waals surface area contributed by atoms with Crippen LogP contribution in [-0.2, 0) is 4.79 Å². The first kappa shape index (κ1) is 19.8. The molecule has 0 aliphatic rings. The molecule has 9 heteroatoms. The Hall–Kier alpha value is -4.11. The van der Waals surface area contributed by atoms with Crippen LogP contribution in [0.1, 0.15) is 13.0 Å². The van der Waals surface area contributed by atoms with Gasteiger partial charge in [0.05, 0.1) is 10.4 Å². The van der Waals surface area contributed by atoms with Crippen molar-refractivity contribution in [3.8, 4) is 16.4 Å². The maximum Gasteiger partial charge on any atom is 0.267 e. The topological polar surface area (TPSA) is 94.7 Å². The molecule has 8 nitrogen and oxygen atoms in total. The Morgan fingerprint density at radius 1 is 1.06 bits per heavy atom. The van der Waals surface area contributed by atoms with Gasteiger partial charge in [-0.25, -0.2) is 14.6 Å². The molecule has 5 rings (SSSR count). The van der Waals surface area contributed by atoms with Crippen molar-refractivity contribution in [1.82, 2.24) is 24.3 Å². The molecule has 0 saturated heterocycles. The lowest BCUT2D eigenvalue weighted by Crippen LogP contribution is -2.33. The number of nitrogens with one attached hydrogen (secondary N) is 1. The molecule has 0 radical (unpaired) electrons. The van der Waals surface area contributed by atoms with Gasteiger partial charge in [0.15, 0.2) is 0 Å². The molecule has 0 fully saturated rings. The fourth-order valence-corrected chi connectivity index (χ4v) is 4.12. The second-order valence-electron chi connectivity index (χ2n) is 7.15. The minimum Gasteiger partial charge on any atom is -0.309 e. The Balaban J connectivity index is 1.40. The van der Waals surface area contributed by atoms with Crippen LogP contribution in [-0.4, -0.2) is 30.2 Å². The van der Waals surface area contributed by atoms with Crippen LogP contribution in [0.2, 0.25) is 0 Å². The molecule has 0 aliphatic carbocycles. The molecule has 4 aromatic heterocycles. The van der Waals surface area contributed by atoms with E-state index >= 15 is 0 Å². The van der Waals surface area contributed by atoms with Gasteiger partial charge in [0.25, 0.3) is 5.56 Å². The molecule has 1 aromatic carbocycles. The summed E-state index contributed by atoms with van der Waals surface area (Å²) in [5.74, 6) is 0.566. The van der Waals surface area contributed by atoms with Gasteiger partial charge in [-0.1, -0.05) is 24.3 Å². The molecular weight excluding hydrogens is 424 g/mol. The van der Waals surface area contributed by atoms with E-state index in [0.717, 1.165) is 15.8 Å². The number of hydrogen-bond donors (Lipinski definition) is 1. The van der Waals surface area contributed by atoms with E-state index in [0.29, 0.717) is 17.3 Å². The normalized spacial score (nSPS) is 12.0. The predicted molar refractivity (Wildman–Crippen MR) is 124 cm³/mol. The van der Waals surface area contributed by atoms with E-state index in [1.54, 1.807) is 19.1 Å². The molecule has 0 saturated carbocycles. The zero-order chi connectivity index (χ0) is 22.1. The van der Waals surface area contributed by atoms with E-state index in [4.69, 9.17) is 0 Å². The number of amides is 1. The van der Waals surface area contributed by atoms with Crippen LogP contribution in [0.25, 0.3) is 27.3 Å². The lowest BCUT2D eigenvalue weighted by Gasteiger charge is -2.14. The standard InChI is InChI=1S/C23H18N6O2S/c1-15(29-22(30)9-8-17(27-29)19-7-4-12-32-19)23(31)26-20-13-21(25-14-24-20)28-11-10-16-5-2-3-6-18(16)28/h2-15H,1H3,(H,24,25,26,31)/t15-/m1/s1. The van der Waals surface area contributed by atoms with Gasteiger partial charge in [0.1, 0.15) is 29.7 Å². The number of carbonyl (C=O) groups excluding carboxylic acids is 1. The molecule has 158 valence electrons. The van der Waals surface area contributed by atoms with E-state index < -0.39 is 11.9 Å². The molecule has 4 heterocycles. The highest BCUT2D eigenvalue weighted by Gasteiger charge is 2.19. The molecular formula is C23H18N6O2S. The van der Waals surface area contributed by atoms with Gasteiger partial charge in [-0.15, -0.1) is 11.3 Å². The van der Waals surface area contributed by atoms with Crippen molar-refractivity contribution in [1.29, 1.82) is 0 Å². The summed E-state index contributed by atoms with van der Waals surface area (Å²) < 4.78 is 3.11. The molecule has 0 spiro atoms. The van der Waals surface area contributed by atoms with E-state index in [1.165, 1.54) is 28.4 Å². The highest BCUT2D eigenvalue weighted by molar-refractivity contribution is 7.13. The summed E-state index contributed by atoms with van der Waals surface area (Å²) in [6.07, 6.45) is 3.31. The van der Waals surface area contributed by atoms with Crippen LogP contribution in [0.3, 0.4) is 0 Å². The van der Waals surface area contributed by atoms with E-state index in [2.05, 4.69) is 20.4 Å². The summed E-state index contributed by atoms with van der Waals surface area (Å²) in [6.45, 7) is 1.63. The monoisotopic (exact) mass is 442 g/mol. The van der Waals surface area contributed by atoms with E-state index in [9.17, 15) is 9.59 Å². The molecule has 0 unspecified atom stereocenters. The average Bonchev–Trinajstić information content (AvgIpc) is 3.49. The van der Waals surface area contributed by atoms with Crippen molar-refractivity contribution in [3.05, 3.63) is 88.9 Å². The average molecular weight is 443 g/mol. The number of anilines is 1. The van der Waals surface area contributed by atoms with Crippen LogP contribution in [0.4, 0.5) is 5.82 Å². The Morgan fingerprint density at radius 3 is 2.78 bits per heavy atom. The van der Waals surface area contributed by atoms with Gasteiger partial charge < -0.3 is 9.88 Å². The lowest BCUT2D eigenvalue weighted by molar-refractivity contribution is -0.119. The van der Waals surface area contributed by atoms with E-state index in [-0.39, 0.29) is 5.56 Å². The summed E-state index contributed by atoms with van der Waals surface area (Å²) in [6, 6.07) is 17.7. The van der Waals surface area contributed by atoms with Crippen molar-refractivity contribution in [2.24, 2.45) is 0 Å². The third kappa shape index (κ3) is 3.69. The predicted octanol–water partition coefficient (Wildman–Crippen LogP) is 3.91. The quantitative estimate of drug-likeness (QED) is 0.445. The third-order valence-electron chi connectivity index (χ3n) is 5.10. The first-order chi connectivity index (χ1) is 15.6. The van der Waals surface area contributed by atoms with Crippen molar-refractivity contribution in [2.75, 3.05) is 5.32 Å². The number of thiophene rings is 1. The minimum absolute atomic E-state index is 0.340. The van der Waals surface area contributed by atoms with Crippen molar-refractivity contribution in [2.45, 2.75) is 13.0 Å². The molecule has 5 aromatic rings. The molecule has 1 N–H and O–H groups in total. The number of fused-ring (bicyclic) bond motifs is 1. The van der Waals surface area contributed by atoms with Crippen LogP contribution < -0.4 is 10.9 Å². The molecule has 32 heavy (non-hydrogen) atoms. The maximum atomic E-state index is 12.9. The Bertz CT molecular complexity index is 1470. The number of hydrogen-bond acceptors (Lipinski definition) is 6. The number of aromatic nitrogens is 5. The fourth-order valence-electron chi connectivity index (χ4n) is 3.43. The van der Waals surface area contributed by atoms with Crippen LogP contribution in [0.15, 0.2) is 83.4 Å². The summed E-state index contributed by atoms with van der Waals surface area (Å²) in [5.41, 5.74) is 1.29. The summed E-state index contributed by atoms with van der Waals surface area (Å²) in [5, 5.41) is 10.2. The van der Waals surface area contributed by atoms with Gasteiger partial charge in [0, 0.05) is 18.3 Å². The van der Waals surface area contributed by atoms with Gasteiger partial charge in [-0.3, -0.25) is 9.59 Å². The third-order valence-corrected chi connectivity index (χ3v) is 5.99. The summed E-state index contributed by atoms with van der Waals surface area (Å²) in [7, 11) is 0. The van der Waals surface area contributed by atoms with Crippen molar-refractivity contribution in [3.63, 3.8) is 0 Å². The SMILES string of the molecule is C[C@H](C(=O)Nc1cc(-n2ccc3ccccc32)ncn1)n1nc(-c2cccs2)ccc1=O. The number of rotatable bonds is 5. The maximum absolute atomic E-state index is 12.9. The molecule has 1 amide bonds. The summed E-state index contributed by atoms with van der Waals surface area (Å²) >= 11 is 1.52. The molecule has 0 aliphatic heterocycles. The first-order valence-electron chi connectivity index (χ1n) is 9.93. The largest absolute Gasteiger partial charge is 0.309 e. The second-order valence-corrected chi connectivity index (χ2v) is 8.10. The van der Waals surface area contributed by atoms with Crippen molar-refractivity contribution < 1.29 is 4.79 Å². The van der Waals surface area contributed by atoms with Gasteiger partial charge in [0.2, 0.25) is 5.91 Å². The van der Waals surface area contributed by atoms with Gasteiger partial charge in [-0.05, 0) is 42.0 Å². The minimum atomic E-state index is -0.826. The molecule has 1 atom stereocenters. The van der Waals surface area contributed by atoms with Crippen LogP contribution in [0.5, 0.6) is 0 Å². The Kier molecular flexibility index (Phi) is 5.08. The first-order valence-corrected chi connectivity index (χ1v) is 10.8. The highest BCUT2D eigenvalue weighted by Crippen LogP contribution is 2.22. The van der Waals surface area contributed by atoms with Gasteiger partial charge in [-0.2, -0.15) is 5.10 Å². The number of carbonyl (C=O) groups is 1. The number of benzene rings is 1. The number of nitrogens with zero attached hydrogens (tertiary/aromatic N) is 5. The Morgan fingerprint density at radius 2 is 1.94 bits per heavy atom. The summed E-state index contributed by atoms with van der Waals surface area (Å²) in [4.78, 5) is 34.7. The van der Waals surface area contributed by atoms with Gasteiger partial charge >= 0.3 is 0 Å². The fraction of sp³-hybridized carbons (Fsp3) is 0.0870. The van der Waals surface area contributed by atoms with E-state index in [1.807, 2.05) is 58.6 Å². The molecule has 0 bridgehead atoms. The lowest BCUT2D eigenvalue weighted by atomic mass is 10.2. The van der Waals surface area contributed by atoms with Crippen LogP contribution in [0, 0.1) is 0 Å². The van der Waals surface area contributed by atoms with Crippen molar-refractivity contribution >= 4 is 34.0 Å². The second kappa shape index (κ2) is 8.20. The Labute approximate surface area is 186 Å². The highest BCUT2D eigenvalue weighted by atomic mass is 32.1. The zero-order valence-corrected chi connectivity index (χ0v) is 17.9. The smallest absolute Gasteiger partial charge is 0.267 e. The zero-order valence-electron chi connectivity index (χ0n) is 17.0.